The molecule has 2 aromatic rings. The number of hydrogen-bond acceptors (Lipinski definition) is 5. The second kappa shape index (κ2) is 6.61. The third-order valence-corrected chi connectivity index (χ3v) is 7.00. The van der Waals surface area contributed by atoms with Crippen LogP contribution >= 0.6 is 23.5 Å². The Morgan fingerprint density at radius 2 is 2.04 bits per heavy atom. The summed E-state index contributed by atoms with van der Waals surface area (Å²) in [5.41, 5.74) is 2.44. The lowest BCUT2D eigenvalue weighted by Gasteiger charge is -2.21. The second-order valence-corrected chi connectivity index (χ2v) is 8.62. The van der Waals surface area contributed by atoms with Crippen LogP contribution in [-0.4, -0.2) is 22.6 Å². The fraction of sp³-hybridized carbons (Fsp3) is 0.412. The van der Waals surface area contributed by atoms with E-state index >= 15 is 0 Å². The van der Waals surface area contributed by atoms with Gasteiger partial charge in [-0.2, -0.15) is 0 Å². The Bertz CT molecular complexity index is 706. The fourth-order valence-electron chi connectivity index (χ4n) is 2.59. The number of hydrogen-bond donors (Lipinski definition) is 1. The smallest absolute Gasteiger partial charge is 0.277 e. The van der Waals surface area contributed by atoms with Gasteiger partial charge in [0.1, 0.15) is 5.76 Å². The Morgan fingerprint density at radius 1 is 1.22 bits per heavy atom. The number of carbonyl (C=O) groups is 1. The van der Waals surface area contributed by atoms with Gasteiger partial charge < -0.3 is 9.84 Å². The highest BCUT2D eigenvalue weighted by atomic mass is 32.2. The van der Waals surface area contributed by atoms with Gasteiger partial charge in [0.2, 0.25) is 0 Å². The molecule has 1 aromatic heterocycles. The molecule has 0 radical (unpaired) electrons. The van der Waals surface area contributed by atoms with Crippen molar-refractivity contribution >= 4 is 35.1 Å². The highest BCUT2D eigenvalue weighted by Crippen LogP contribution is 2.44. The largest absolute Gasteiger partial charge is 0.360 e. The van der Waals surface area contributed by atoms with Crippen LogP contribution in [0.1, 0.15) is 51.6 Å². The van der Waals surface area contributed by atoms with E-state index in [1.165, 1.54) is 23.5 Å². The van der Waals surface area contributed by atoms with Gasteiger partial charge >= 0.3 is 0 Å². The highest BCUT2D eigenvalue weighted by molar-refractivity contribution is 8.16. The van der Waals surface area contributed by atoms with Crippen molar-refractivity contribution in [1.29, 1.82) is 0 Å². The zero-order valence-corrected chi connectivity index (χ0v) is 14.3. The normalized spacial score (nSPS) is 18.8. The van der Waals surface area contributed by atoms with Gasteiger partial charge in [0, 0.05) is 17.7 Å². The van der Waals surface area contributed by atoms with Crippen LogP contribution in [0.2, 0.25) is 0 Å². The van der Waals surface area contributed by atoms with Crippen molar-refractivity contribution in [3.63, 3.8) is 0 Å². The van der Waals surface area contributed by atoms with Gasteiger partial charge in [0.25, 0.3) is 5.91 Å². The summed E-state index contributed by atoms with van der Waals surface area (Å²) in [7, 11) is 0. The number of thioether (sulfide) groups is 2. The van der Waals surface area contributed by atoms with Crippen molar-refractivity contribution in [2.45, 2.75) is 29.8 Å². The molecule has 0 spiro atoms. The number of nitrogens with zero attached hydrogens (tertiary/aromatic N) is 1. The number of amides is 1. The molecule has 0 unspecified atom stereocenters. The number of benzene rings is 1. The van der Waals surface area contributed by atoms with E-state index in [2.05, 4.69) is 22.6 Å². The van der Waals surface area contributed by atoms with Crippen molar-refractivity contribution in [1.82, 2.24) is 5.16 Å². The molecule has 0 atom stereocenters. The molecule has 1 aliphatic heterocycles. The maximum Gasteiger partial charge on any atom is 0.277 e. The number of aromatic nitrogens is 1. The molecule has 2 heterocycles. The van der Waals surface area contributed by atoms with E-state index in [0.29, 0.717) is 16.2 Å². The fourth-order valence-corrected chi connectivity index (χ4v) is 5.47. The number of nitrogens with one attached hydrogen (secondary N) is 1. The standard InChI is InChI=1S/C17H18N2O2S2/c20-16(14-10-15(21-19-14)11-5-6-11)18-13-4-1-3-12(9-13)17-22-7-2-8-23-17/h1,3-4,9-11,17H,2,5-8H2,(H,18,20). The van der Waals surface area contributed by atoms with E-state index in [1.54, 1.807) is 6.07 Å². The Labute approximate surface area is 143 Å². The minimum absolute atomic E-state index is 0.207. The molecular formula is C17H18N2O2S2. The zero-order chi connectivity index (χ0) is 15.6. The van der Waals surface area contributed by atoms with Crippen LogP contribution in [0.25, 0.3) is 0 Å². The summed E-state index contributed by atoms with van der Waals surface area (Å²) in [4.78, 5) is 12.3. The minimum atomic E-state index is -0.207. The van der Waals surface area contributed by atoms with Crippen molar-refractivity contribution in [2.24, 2.45) is 0 Å². The molecule has 2 fully saturated rings. The summed E-state index contributed by atoms with van der Waals surface area (Å²) in [6.45, 7) is 0. The Morgan fingerprint density at radius 3 is 2.83 bits per heavy atom. The number of carbonyl (C=O) groups excluding carboxylic acids is 1. The maximum absolute atomic E-state index is 12.3. The van der Waals surface area contributed by atoms with Gasteiger partial charge in [-0.1, -0.05) is 17.3 Å². The lowest BCUT2D eigenvalue weighted by molar-refractivity contribution is 0.101. The Balaban J connectivity index is 1.45. The molecule has 120 valence electrons. The van der Waals surface area contributed by atoms with E-state index in [1.807, 2.05) is 35.7 Å². The minimum Gasteiger partial charge on any atom is -0.360 e. The second-order valence-electron chi connectivity index (χ2n) is 5.90. The predicted octanol–water partition coefficient (Wildman–Crippen LogP) is 4.67. The molecule has 23 heavy (non-hydrogen) atoms. The van der Waals surface area contributed by atoms with E-state index in [4.69, 9.17) is 4.52 Å². The zero-order valence-electron chi connectivity index (χ0n) is 12.7. The topological polar surface area (TPSA) is 55.1 Å². The summed E-state index contributed by atoms with van der Waals surface area (Å²) in [5.74, 6) is 3.50. The Kier molecular flexibility index (Phi) is 4.35. The van der Waals surface area contributed by atoms with Gasteiger partial charge in [-0.15, -0.1) is 23.5 Å². The van der Waals surface area contributed by atoms with Gasteiger partial charge in [0.05, 0.1) is 4.58 Å². The predicted molar refractivity (Wildman–Crippen MR) is 95.1 cm³/mol. The first-order valence-corrected chi connectivity index (χ1v) is 10.0. The first-order chi connectivity index (χ1) is 11.3. The van der Waals surface area contributed by atoms with E-state index in [0.717, 1.165) is 24.3 Å². The van der Waals surface area contributed by atoms with Crippen LogP contribution in [0.4, 0.5) is 5.69 Å². The molecule has 1 aromatic carbocycles. The summed E-state index contributed by atoms with van der Waals surface area (Å²) >= 11 is 3.95. The Hall–Kier alpha value is -1.40. The first kappa shape index (κ1) is 15.1. The molecule has 0 bridgehead atoms. The lowest BCUT2D eigenvalue weighted by atomic mass is 10.2. The van der Waals surface area contributed by atoms with Crippen LogP contribution in [0.15, 0.2) is 34.9 Å². The molecule has 2 aliphatic rings. The third kappa shape index (κ3) is 3.58. The summed E-state index contributed by atoms with van der Waals surface area (Å²) in [6, 6.07) is 9.88. The van der Waals surface area contributed by atoms with Crippen LogP contribution in [0.3, 0.4) is 0 Å². The van der Waals surface area contributed by atoms with E-state index < -0.39 is 0 Å². The molecule has 1 amide bonds. The molecule has 1 aliphatic carbocycles. The quantitative estimate of drug-likeness (QED) is 0.871. The van der Waals surface area contributed by atoms with Crippen molar-refractivity contribution in [3.8, 4) is 0 Å². The highest BCUT2D eigenvalue weighted by Gasteiger charge is 2.29. The molecule has 1 saturated heterocycles. The van der Waals surface area contributed by atoms with Crippen LogP contribution < -0.4 is 5.32 Å². The van der Waals surface area contributed by atoms with E-state index in [9.17, 15) is 4.79 Å². The van der Waals surface area contributed by atoms with Crippen LogP contribution in [0.5, 0.6) is 0 Å². The monoisotopic (exact) mass is 346 g/mol. The third-order valence-electron chi connectivity index (χ3n) is 3.98. The molecule has 6 heteroatoms. The molecule has 4 rings (SSSR count). The molecular weight excluding hydrogens is 328 g/mol. The van der Waals surface area contributed by atoms with Crippen molar-refractivity contribution in [3.05, 3.63) is 47.3 Å². The average molecular weight is 346 g/mol. The van der Waals surface area contributed by atoms with Crippen molar-refractivity contribution < 1.29 is 9.32 Å². The van der Waals surface area contributed by atoms with Gasteiger partial charge in [-0.05, 0) is 48.5 Å². The summed E-state index contributed by atoms with van der Waals surface area (Å²) in [5, 5.41) is 6.82. The first-order valence-electron chi connectivity index (χ1n) is 7.91. The van der Waals surface area contributed by atoms with Gasteiger partial charge in [-0.25, -0.2) is 0 Å². The number of anilines is 1. The maximum atomic E-state index is 12.3. The summed E-state index contributed by atoms with van der Waals surface area (Å²) < 4.78 is 5.72. The van der Waals surface area contributed by atoms with Crippen molar-refractivity contribution in [2.75, 3.05) is 16.8 Å². The molecule has 1 saturated carbocycles. The van der Waals surface area contributed by atoms with Gasteiger partial charge in [-0.3, -0.25) is 4.79 Å². The summed E-state index contributed by atoms with van der Waals surface area (Å²) in [6.07, 6.45) is 3.54. The SMILES string of the molecule is O=C(Nc1cccc(C2SCCCS2)c1)c1cc(C2CC2)on1. The van der Waals surface area contributed by atoms with Crippen LogP contribution in [0, 0.1) is 0 Å². The average Bonchev–Trinajstić information content (AvgIpc) is 3.33. The number of rotatable bonds is 4. The molecule has 4 nitrogen and oxygen atoms in total. The lowest BCUT2D eigenvalue weighted by Crippen LogP contribution is -2.12. The van der Waals surface area contributed by atoms with E-state index in [-0.39, 0.29) is 5.91 Å². The van der Waals surface area contributed by atoms with Crippen LogP contribution in [-0.2, 0) is 0 Å². The molecule has 1 N–H and O–H groups in total. The van der Waals surface area contributed by atoms with Gasteiger partial charge in [0.15, 0.2) is 5.69 Å².